The molecule has 0 heterocycles. The molecule has 3 rings (SSSR count). The Hall–Kier alpha value is -3.25. The molecular formula is C29H33NO4S. The fourth-order valence-corrected chi connectivity index (χ4v) is 5.57. The highest BCUT2D eigenvalue weighted by Crippen LogP contribution is 2.48. The first-order valence-electron chi connectivity index (χ1n) is 11.7. The summed E-state index contributed by atoms with van der Waals surface area (Å²) in [4.78, 5) is 23.9. The van der Waals surface area contributed by atoms with Crippen molar-refractivity contribution in [3.05, 3.63) is 108 Å². The third-order valence-corrected chi connectivity index (χ3v) is 7.18. The number of nitrogens with one attached hydrogen (secondary N) is 1. The van der Waals surface area contributed by atoms with Crippen LogP contribution in [0.2, 0.25) is 0 Å². The maximum atomic E-state index is 12.6. The van der Waals surface area contributed by atoms with E-state index >= 15 is 0 Å². The van der Waals surface area contributed by atoms with Gasteiger partial charge in [-0.1, -0.05) is 91.0 Å². The number of carbonyl (C=O) groups excluding carboxylic acids is 1. The lowest BCUT2D eigenvalue weighted by Crippen LogP contribution is -2.41. The molecule has 0 aromatic heterocycles. The van der Waals surface area contributed by atoms with E-state index in [1.165, 1.54) is 0 Å². The Morgan fingerprint density at radius 2 is 1.26 bits per heavy atom. The number of rotatable bonds is 10. The molecule has 0 aliphatic rings. The van der Waals surface area contributed by atoms with E-state index in [0.717, 1.165) is 16.7 Å². The number of hydrogen-bond donors (Lipinski definition) is 2. The molecule has 5 nitrogen and oxygen atoms in total. The number of thioether (sulfide) groups is 1. The molecular weight excluding hydrogens is 458 g/mol. The highest BCUT2D eigenvalue weighted by Gasteiger charge is 2.37. The average molecular weight is 492 g/mol. The molecule has 0 radical (unpaired) electrons. The van der Waals surface area contributed by atoms with Crippen molar-refractivity contribution < 1.29 is 19.4 Å². The zero-order valence-electron chi connectivity index (χ0n) is 20.4. The summed E-state index contributed by atoms with van der Waals surface area (Å²) >= 11 is 1.68. The second kappa shape index (κ2) is 11.9. The van der Waals surface area contributed by atoms with Gasteiger partial charge in [-0.25, -0.2) is 4.79 Å². The molecule has 1 amide bonds. The number of hydrogen-bond acceptors (Lipinski definition) is 4. The van der Waals surface area contributed by atoms with Gasteiger partial charge in [0.15, 0.2) is 0 Å². The van der Waals surface area contributed by atoms with Crippen molar-refractivity contribution in [1.29, 1.82) is 0 Å². The van der Waals surface area contributed by atoms with Crippen molar-refractivity contribution >= 4 is 23.8 Å². The lowest BCUT2D eigenvalue weighted by Gasteiger charge is -2.36. The van der Waals surface area contributed by atoms with Gasteiger partial charge in [0.05, 0.1) is 4.75 Å². The number of carboxylic acid groups (broad SMARTS) is 1. The Balaban J connectivity index is 2.01. The van der Waals surface area contributed by atoms with Crippen LogP contribution in [-0.2, 0) is 14.3 Å². The van der Waals surface area contributed by atoms with Gasteiger partial charge in [0.2, 0.25) is 0 Å². The Morgan fingerprint density at radius 1 is 0.829 bits per heavy atom. The van der Waals surface area contributed by atoms with Crippen LogP contribution in [0.25, 0.3) is 0 Å². The van der Waals surface area contributed by atoms with Gasteiger partial charge in [0, 0.05) is 18.2 Å². The van der Waals surface area contributed by atoms with E-state index in [1.54, 1.807) is 32.5 Å². The van der Waals surface area contributed by atoms with Crippen LogP contribution in [0, 0.1) is 0 Å². The summed E-state index contributed by atoms with van der Waals surface area (Å²) in [5.74, 6) is -0.406. The molecule has 184 valence electrons. The van der Waals surface area contributed by atoms with Gasteiger partial charge in [-0.3, -0.25) is 4.79 Å². The van der Waals surface area contributed by atoms with Gasteiger partial charge in [-0.2, -0.15) is 0 Å². The lowest BCUT2D eigenvalue weighted by molar-refractivity contribution is -0.137. The van der Waals surface area contributed by atoms with Crippen molar-refractivity contribution in [2.75, 3.05) is 5.75 Å². The molecule has 0 saturated carbocycles. The minimum absolute atomic E-state index is 0.0456. The molecule has 0 aliphatic carbocycles. The monoisotopic (exact) mass is 491 g/mol. The molecule has 35 heavy (non-hydrogen) atoms. The number of carbonyl (C=O) groups is 2. The minimum Gasteiger partial charge on any atom is -0.481 e. The maximum absolute atomic E-state index is 12.6. The summed E-state index contributed by atoms with van der Waals surface area (Å²) in [7, 11) is 0. The van der Waals surface area contributed by atoms with Crippen LogP contribution >= 0.6 is 11.8 Å². The van der Waals surface area contributed by atoms with Gasteiger partial charge in [-0.05, 0) is 43.9 Å². The summed E-state index contributed by atoms with van der Waals surface area (Å²) in [6, 6.07) is 30.4. The highest BCUT2D eigenvalue weighted by molar-refractivity contribution is 8.00. The minimum atomic E-state index is -0.897. The van der Waals surface area contributed by atoms with Crippen LogP contribution in [0.15, 0.2) is 91.0 Å². The van der Waals surface area contributed by atoms with Crippen molar-refractivity contribution in [3.63, 3.8) is 0 Å². The normalized spacial score (nSPS) is 12.5. The molecule has 1 unspecified atom stereocenters. The number of benzene rings is 3. The molecule has 1 atom stereocenters. The second-order valence-electron chi connectivity index (χ2n) is 9.37. The van der Waals surface area contributed by atoms with Gasteiger partial charge >= 0.3 is 12.1 Å². The Kier molecular flexibility index (Phi) is 8.99. The van der Waals surface area contributed by atoms with Crippen molar-refractivity contribution in [2.45, 2.75) is 50.0 Å². The van der Waals surface area contributed by atoms with Gasteiger partial charge in [0.1, 0.15) is 5.60 Å². The predicted octanol–water partition coefficient (Wildman–Crippen LogP) is 6.47. The lowest BCUT2D eigenvalue weighted by atomic mass is 9.84. The summed E-state index contributed by atoms with van der Waals surface area (Å²) in [6.45, 7) is 5.41. The van der Waals surface area contributed by atoms with E-state index in [9.17, 15) is 14.7 Å². The number of carboxylic acids is 1. The average Bonchev–Trinajstić information content (AvgIpc) is 2.83. The largest absolute Gasteiger partial charge is 0.481 e. The van der Waals surface area contributed by atoms with Crippen LogP contribution in [0.4, 0.5) is 4.79 Å². The van der Waals surface area contributed by atoms with Crippen molar-refractivity contribution in [3.8, 4) is 0 Å². The van der Waals surface area contributed by atoms with Crippen LogP contribution < -0.4 is 5.32 Å². The van der Waals surface area contributed by atoms with Crippen LogP contribution in [0.5, 0.6) is 0 Å². The molecule has 0 bridgehead atoms. The first-order chi connectivity index (χ1) is 16.7. The van der Waals surface area contributed by atoms with E-state index in [1.807, 2.05) is 54.6 Å². The summed E-state index contributed by atoms with van der Waals surface area (Å²) in [5, 5.41) is 12.2. The number of amides is 1. The summed E-state index contributed by atoms with van der Waals surface area (Å²) < 4.78 is 4.90. The molecule has 6 heteroatoms. The number of ether oxygens (including phenoxy) is 1. The Bertz CT molecular complexity index is 985. The standard InChI is InChI=1S/C29H33NO4S/c1-28(2,3)34-27(33)30-25(19-20-26(31)32)21-35-29(22-13-7-4-8-14-22,23-15-9-5-10-16-23)24-17-11-6-12-18-24/h4-18,25H,19-21H2,1-3H3,(H,30,33)(H,31,32). The zero-order valence-corrected chi connectivity index (χ0v) is 21.3. The smallest absolute Gasteiger partial charge is 0.407 e. The first-order valence-corrected chi connectivity index (χ1v) is 12.7. The van der Waals surface area contributed by atoms with E-state index in [-0.39, 0.29) is 12.5 Å². The quantitative estimate of drug-likeness (QED) is 0.318. The molecule has 0 aliphatic heterocycles. The predicted molar refractivity (Wildman–Crippen MR) is 142 cm³/mol. The van der Waals surface area contributed by atoms with E-state index < -0.39 is 22.4 Å². The fourth-order valence-electron chi connectivity index (χ4n) is 3.96. The van der Waals surface area contributed by atoms with Crippen LogP contribution in [-0.4, -0.2) is 34.6 Å². The van der Waals surface area contributed by atoms with E-state index in [4.69, 9.17) is 4.74 Å². The van der Waals surface area contributed by atoms with E-state index in [2.05, 4.69) is 41.7 Å². The second-order valence-corrected chi connectivity index (χ2v) is 10.6. The third-order valence-electron chi connectivity index (χ3n) is 5.47. The molecule has 0 saturated heterocycles. The maximum Gasteiger partial charge on any atom is 0.407 e. The van der Waals surface area contributed by atoms with Gasteiger partial charge < -0.3 is 15.2 Å². The molecule has 2 N–H and O–H groups in total. The van der Waals surface area contributed by atoms with Crippen LogP contribution in [0.1, 0.15) is 50.3 Å². The molecule has 0 fully saturated rings. The summed E-state index contributed by atoms with van der Waals surface area (Å²) in [5.41, 5.74) is 2.68. The Morgan fingerprint density at radius 3 is 1.63 bits per heavy atom. The Labute approximate surface area is 211 Å². The third kappa shape index (κ3) is 7.36. The zero-order chi connectivity index (χ0) is 25.3. The molecule has 0 spiro atoms. The fraction of sp³-hybridized carbons (Fsp3) is 0.310. The highest BCUT2D eigenvalue weighted by atomic mass is 32.2. The van der Waals surface area contributed by atoms with Gasteiger partial charge in [0.25, 0.3) is 0 Å². The van der Waals surface area contributed by atoms with Crippen molar-refractivity contribution in [2.24, 2.45) is 0 Å². The molecule has 3 aromatic carbocycles. The van der Waals surface area contributed by atoms with E-state index in [0.29, 0.717) is 12.2 Å². The number of aliphatic carboxylic acids is 1. The molecule has 3 aromatic rings. The SMILES string of the molecule is CC(C)(C)OC(=O)NC(CCC(=O)O)CSC(c1ccccc1)(c1ccccc1)c1ccccc1. The number of alkyl carbamates (subject to hydrolysis) is 1. The summed E-state index contributed by atoms with van der Waals surface area (Å²) in [6.07, 6.45) is -0.287. The van der Waals surface area contributed by atoms with Crippen molar-refractivity contribution in [1.82, 2.24) is 5.32 Å². The van der Waals surface area contributed by atoms with Crippen LogP contribution in [0.3, 0.4) is 0 Å². The topological polar surface area (TPSA) is 75.6 Å². The van der Waals surface area contributed by atoms with Gasteiger partial charge in [-0.15, -0.1) is 11.8 Å². The first kappa shape index (κ1) is 26.4.